The summed E-state index contributed by atoms with van der Waals surface area (Å²) >= 11 is 0. The summed E-state index contributed by atoms with van der Waals surface area (Å²) in [5.74, 6) is -4.40. The number of carbonyl (C=O) groups excluding carboxylic acids is 1. The standard InChI is InChI=1S/C24H23F2NO4/c1-13-22(18(24(30)31)9-14-5-2-3-6-14)17-11-21(28)19(26)12-20(17)27(13)23(29)15-7-4-8-16(25)10-15/h4,7-8,10-12,14,18,28H,2-3,5-6,9H2,1H3,(H,30,31)/t18-/m0/s1. The number of aromatic nitrogens is 1. The van der Waals surface area contributed by atoms with E-state index in [2.05, 4.69) is 0 Å². The van der Waals surface area contributed by atoms with Crippen LogP contribution in [0.1, 0.15) is 59.6 Å². The summed E-state index contributed by atoms with van der Waals surface area (Å²) in [6.45, 7) is 1.60. The molecule has 2 aromatic carbocycles. The number of aliphatic carboxylic acids is 1. The van der Waals surface area contributed by atoms with Crippen LogP contribution in [-0.4, -0.2) is 26.7 Å². The number of benzene rings is 2. The molecule has 1 fully saturated rings. The van der Waals surface area contributed by atoms with Crippen LogP contribution in [0, 0.1) is 24.5 Å². The molecule has 2 N–H and O–H groups in total. The maximum absolute atomic E-state index is 14.2. The zero-order chi connectivity index (χ0) is 22.3. The quantitative estimate of drug-likeness (QED) is 0.574. The minimum Gasteiger partial charge on any atom is -0.505 e. The Labute approximate surface area is 177 Å². The molecule has 5 nitrogen and oxygen atoms in total. The number of carboxylic acids is 1. The van der Waals surface area contributed by atoms with Gasteiger partial charge in [0, 0.05) is 22.7 Å². The molecule has 0 radical (unpaired) electrons. The highest BCUT2D eigenvalue weighted by Crippen LogP contribution is 2.41. The van der Waals surface area contributed by atoms with E-state index >= 15 is 0 Å². The number of fused-ring (bicyclic) bond motifs is 1. The Hall–Kier alpha value is -3.22. The fourth-order valence-corrected chi connectivity index (χ4v) is 4.82. The van der Waals surface area contributed by atoms with Crippen LogP contribution >= 0.6 is 0 Å². The first-order valence-corrected chi connectivity index (χ1v) is 10.3. The van der Waals surface area contributed by atoms with Gasteiger partial charge in [0.15, 0.2) is 11.6 Å². The van der Waals surface area contributed by atoms with Gasteiger partial charge in [0.2, 0.25) is 0 Å². The van der Waals surface area contributed by atoms with E-state index in [1.54, 1.807) is 6.92 Å². The fourth-order valence-electron chi connectivity index (χ4n) is 4.82. The van der Waals surface area contributed by atoms with Crippen molar-refractivity contribution in [2.45, 2.75) is 44.9 Å². The highest BCUT2D eigenvalue weighted by Gasteiger charge is 2.33. The van der Waals surface area contributed by atoms with Crippen molar-refractivity contribution in [1.29, 1.82) is 0 Å². The molecular weight excluding hydrogens is 404 g/mol. The molecule has 31 heavy (non-hydrogen) atoms. The lowest BCUT2D eigenvalue weighted by Gasteiger charge is -2.18. The van der Waals surface area contributed by atoms with Gasteiger partial charge < -0.3 is 10.2 Å². The van der Waals surface area contributed by atoms with Crippen LogP contribution in [0.25, 0.3) is 10.9 Å². The van der Waals surface area contributed by atoms with Crippen molar-refractivity contribution in [3.05, 3.63) is 64.9 Å². The van der Waals surface area contributed by atoms with E-state index in [4.69, 9.17) is 0 Å². The number of nitrogens with zero attached hydrogens (tertiary/aromatic N) is 1. The summed E-state index contributed by atoms with van der Waals surface area (Å²) in [6.07, 6.45) is 4.42. The van der Waals surface area contributed by atoms with Crippen molar-refractivity contribution in [1.82, 2.24) is 4.57 Å². The number of phenolic OH excluding ortho intramolecular Hbond substituents is 1. The van der Waals surface area contributed by atoms with Gasteiger partial charge in [-0.2, -0.15) is 0 Å². The van der Waals surface area contributed by atoms with Gasteiger partial charge in [0.05, 0.1) is 11.4 Å². The molecule has 1 aliphatic rings. The average molecular weight is 427 g/mol. The second-order valence-electron chi connectivity index (χ2n) is 8.25. The Balaban J connectivity index is 1.93. The monoisotopic (exact) mass is 427 g/mol. The van der Waals surface area contributed by atoms with Gasteiger partial charge in [-0.3, -0.25) is 14.2 Å². The first-order valence-electron chi connectivity index (χ1n) is 10.3. The summed E-state index contributed by atoms with van der Waals surface area (Å²) in [5, 5.41) is 20.3. The summed E-state index contributed by atoms with van der Waals surface area (Å²) in [4.78, 5) is 25.5. The third kappa shape index (κ3) is 3.80. The lowest BCUT2D eigenvalue weighted by molar-refractivity contribution is -0.139. The number of hydrogen-bond donors (Lipinski definition) is 2. The number of phenols is 1. The van der Waals surface area contributed by atoms with E-state index in [9.17, 15) is 28.6 Å². The zero-order valence-electron chi connectivity index (χ0n) is 17.1. The number of aromatic hydroxyl groups is 1. The van der Waals surface area contributed by atoms with Gasteiger partial charge in [-0.25, -0.2) is 8.78 Å². The molecule has 0 bridgehead atoms. The number of halogens is 2. The van der Waals surface area contributed by atoms with Crippen LogP contribution in [-0.2, 0) is 4.79 Å². The van der Waals surface area contributed by atoms with Crippen molar-refractivity contribution in [3.63, 3.8) is 0 Å². The first-order chi connectivity index (χ1) is 14.8. The van der Waals surface area contributed by atoms with E-state index in [1.165, 1.54) is 28.8 Å². The molecule has 0 saturated heterocycles. The van der Waals surface area contributed by atoms with Crippen LogP contribution in [0.3, 0.4) is 0 Å². The van der Waals surface area contributed by atoms with E-state index in [1.807, 2.05) is 0 Å². The summed E-state index contributed by atoms with van der Waals surface area (Å²) in [7, 11) is 0. The average Bonchev–Trinajstić information content (AvgIpc) is 3.32. The molecule has 3 aromatic rings. The van der Waals surface area contributed by atoms with E-state index < -0.39 is 35.2 Å². The Morgan fingerprint density at radius 3 is 2.52 bits per heavy atom. The molecule has 1 aromatic heterocycles. The maximum Gasteiger partial charge on any atom is 0.311 e. The number of carboxylic acid groups (broad SMARTS) is 1. The van der Waals surface area contributed by atoms with Gasteiger partial charge in [-0.1, -0.05) is 31.7 Å². The summed E-state index contributed by atoms with van der Waals surface area (Å²) in [5.41, 5.74) is 0.937. The van der Waals surface area contributed by atoms with Crippen LogP contribution in [0.5, 0.6) is 5.75 Å². The normalized spacial score (nSPS) is 15.5. The molecule has 4 rings (SSSR count). The van der Waals surface area contributed by atoms with Crippen molar-refractivity contribution in [2.75, 3.05) is 0 Å². The zero-order valence-corrected chi connectivity index (χ0v) is 17.1. The molecule has 1 atom stereocenters. The van der Waals surface area contributed by atoms with E-state index in [0.717, 1.165) is 37.8 Å². The third-order valence-electron chi connectivity index (χ3n) is 6.29. The SMILES string of the molecule is Cc1c([C@H](CC2CCCC2)C(=O)O)c2cc(O)c(F)cc2n1C(=O)c1cccc(F)c1. The highest BCUT2D eigenvalue weighted by molar-refractivity contribution is 6.05. The molecule has 0 unspecified atom stereocenters. The van der Waals surface area contributed by atoms with Crippen LogP contribution in [0.15, 0.2) is 36.4 Å². The molecule has 0 aliphatic heterocycles. The maximum atomic E-state index is 14.2. The Bertz CT molecular complexity index is 1180. The van der Waals surface area contributed by atoms with E-state index in [-0.39, 0.29) is 17.0 Å². The van der Waals surface area contributed by atoms with Crippen LogP contribution in [0.2, 0.25) is 0 Å². The Kier molecular flexibility index (Phi) is 5.52. The topological polar surface area (TPSA) is 79.5 Å². The second kappa shape index (κ2) is 8.13. The Morgan fingerprint density at radius 1 is 1.16 bits per heavy atom. The van der Waals surface area contributed by atoms with Gasteiger partial charge >= 0.3 is 5.97 Å². The third-order valence-corrected chi connectivity index (χ3v) is 6.29. The molecule has 1 heterocycles. The predicted octanol–water partition coefficient (Wildman–Crippen LogP) is 5.37. The van der Waals surface area contributed by atoms with Gasteiger partial charge in [0.1, 0.15) is 5.82 Å². The van der Waals surface area contributed by atoms with Crippen LogP contribution in [0.4, 0.5) is 8.78 Å². The molecule has 1 saturated carbocycles. The molecule has 0 amide bonds. The first kappa shape index (κ1) is 21.0. The molecule has 1 aliphatic carbocycles. The summed E-state index contributed by atoms with van der Waals surface area (Å²) < 4.78 is 29.2. The smallest absolute Gasteiger partial charge is 0.311 e. The largest absolute Gasteiger partial charge is 0.505 e. The van der Waals surface area contributed by atoms with Crippen molar-refractivity contribution >= 4 is 22.8 Å². The predicted molar refractivity (Wildman–Crippen MR) is 111 cm³/mol. The highest BCUT2D eigenvalue weighted by atomic mass is 19.1. The fraction of sp³-hybridized carbons (Fsp3) is 0.333. The van der Waals surface area contributed by atoms with Gasteiger partial charge in [-0.15, -0.1) is 0 Å². The summed E-state index contributed by atoms with van der Waals surface area (Å²) in [6, 6.07) is 7.33. The molecular formula is C24H23F2NO4. The minimum atomic E-state index is -1.03. The molecule has 7 heteroatoms. The molecule has 162 valence electrons. The second-order valence-corrected chi connectivity index (χ2v) is 8.25. The minimum absolute atomic E-state index is 0.0581. The number of rotatable bonds is 5. The Morgan fingerprint density at radius 2 is 1.87 bits per heavy atom. The van der Waals surface area contributed by atoms with Gasteiger partial charge in [-0.05, 0) is 49.1 Å². The van der Waals surface area contributed by atoms with Crippen molar-refractivity contribution < 1.29 is 28.6 Å². The lowest BCUT2D eigenvalue weighted by atomic mass is 9.86. The van der Waals surface area contributed by atoms with Crippen molar-refractivity contribution in [3.8, 4) is 5.75 Å². The molecule has 0 spiro atoms. The lowest BCUT2D eigenvalue weighted by Crippen LogP contribution is -2.18. The van der Waals surface area contributed by atoms with Gasteiger partial charge in [0.25, 0.3) is 5.91 Å². The van der Waals surface area contributed by atoms with E-state index in [0.29, 0.717) is 23.1 Å². The number of hydrogen-bond acceptors (Lipinski definition) is 3. The van der Waals surface area contributed by atoms with Crippen LogP contribution < -0.4 is 0 Å². The number of carbonyl (C=O) groups is 2. The van der Waals surface area contributed by atoms with Crippen molar-refractivity contribution in [2.24, 2.45) is 5.92 Å².